The first-order chi connectivity index (χ1) is 9.38. The van der Waals surface area contributed by atoms with Crippen LogP contribution in [0.2, 0.25) is 0 Å². The van der Waals surface area contributed by atoms with Crippen molar-refractivity contribution >= 4 is 0 Å². The van der Waals surface area contributed by atoms with E-state index in [2.05, 4.69) is 33.4 Å². The Morgan fingerprint density at radius 3 is 3.16 bits per heavy atom. The van der Waals surface area contributed by atoms with Crippen molar-refractivity contribution in [3.63, 3.8) is 0 Å². The fraction of sp³-hybridized carbons (Fsp3) is 0.500. The third-order valence-corrected chi connectivity index (χ3v) is 3.53. The van der Waals surface area contributed by atoms with Gasteiger partial charge in [0.15, 0.2) is 0 Å². The summed E-state index contributed by atoms with van der Waals surface area (Å²) in [5, 5.41) is 7.49. The monoisotopic (exact) mass is 258 g/mol. The summed E-state index contributed by atoms with van der Waals surface area (Å²) >= 11 is 0. The first kappa shape index (κ1) is 12.3. The van der Waals surface area contributed by atoms with Gasteiger partial charge in [-0.2, -0.15) is 4.98 Å². The molecule has 0 aromatic carbocycles. The van der Waals surface area contributed by atoms with Crippen LogP contribution in [0.1, 0.15) is 43.7 Å². The van der Waals surface area contributed by atoms with Crippen molar-refractivity contribution in [3.8, 4) is 11.5 Å². The maximum absolute atomic E-state index is 5.39. The number of nitrogens with zero attached hydrogens (tertiary/aromatic N) is 3. The van der Waals surface area contributed by atoms with Crippen LogP contribution in [0.25, 0.3) is 11.5 Å². The molecular formula is C14H18N4O. The van der Waals surface area contributed by atoms with Crippen LogP contribution in [-0.2, 0) is 6.42 Å². The summed E-state index contributed by atoms with van der Waals surface area (Å²) in [4.78, 5) is 8.88. The predicted octanol–water partition coefficient (Wildman–Crippen LogP) is 2.51. The Morgan fingerprint density at radius 1 is 1.42 bits per heavy atom. The topological polar surface area (TPSA) is 63.8 Å². The lowest BCUT2D eigenvalue weighted by atomic mass is 10.1. The summed E-state index contributed by atoms with van der Waals surface area (Å²) in [6, 6.07) is 4.19. The smallest absolute Gasteiger partial charge is 0.244 e. The van der Waals surface area contributed by atoms with E-state index in [0.717, 1.165) is 30.6 Å². The summed E-state index contributed by atoms with van der Waals surface area (Å²) in [6.07, 6.45) is 6.17. The van der Waals surface area contributed by atoms with Gasteiger partial charge < -0.3 is 9.84 Å². The van der Waals surface area contributed by atoms with Gasteiger partial charge in [-0.25, -0.2) is 0 Å². The normalized spacial score (nSPS) is 19.5. The highest BCUT2D eigenvalue weighted by atomic mass is 16.5. The third kappa shape index (κ3) is 2.51. The van der Waals surface area contributed by atoms with Gasteiger partial charge in [-0.3, -0.25) is 4.98 Å². The van der Waals surface area contributed by atoms with Crippen molar-refractivity contribution in [2.45, 2.75) is 38.6 Å². The molecule has 0 spiro atoms. The van der Waals surface area contributed by atoms with Crippen LogP contribution in [0.3, 0.4) is 0 Å². The van der Waals surface area contributed by atoms with Gasteiger partial charge >= 0.3 is 0 Å². The third-order valence-electron chi connectivity index (χ3n) is 3.53. The summed E-state index contributed by atoms with van der Waals surface area (Å²) in [6.45, 7) is 3.12. The van der Waals surface area contributed by atoms with Crippen molar-refractivity contribution in [1.29, 1.82) is 0 Å². The molecule has 5 nitrogen and oxygen atoms in total. The molecule has 1 N–H and O–H groups in total. The van der Waals surface area contributed by atoms with Crippen LogP contribution in [0, 0.1) is 0 Å². The molecule has 3 heterocycles. The van der Waals surface area contributed by atoms with E-state index in [9.17, 15) is 0 Å². The van der Waals surface area contributed by atoms with E-state index in [1.807, 2.05) is 6.07 Å². The van der Waals surface area contributed by atoms with Gasteiger partial charge in [0.25, 0.3) is 0 Å². The van der Waals surface area contributed by atoms with Crippen LogP contribution in [-0.4, -0.2) is 21.7 Å². The zero-order valence-corrected chi connectivity index (χ0v) is 11.1. The second-order valence-electron chi connectivity index (χ2n) is 4.82. The molecule has 1 aliphatic heterocycles. The Labute approximate surface area is 112 Å². The Bertz CT molecular complexity index is 546. The highest BCUT2D eigenvalue weighted by Gasteiger charge is 2.22. The number of rotatable bonds is 3. The van der Waals surface area contributed by atoms with Crippen LogP contribution < -0.4 is 5.32 Å². The Kier molecular flexibility index (Phi) is 3.55. The molecule has 1 saturated heterocycles. The minimum Gasteiger partial charge on any atom is -0.337 e. The van der Waals surface area contributed by atoms with E-state index in [4.69, 9.17) is 4.52 Å². The quantitative estimate of drug-likeness (QED) is 0.916. The van der Waals surface area contributed by atoms with Crippen LogP contribution >= 0.6 is 0 Å². The lowest BCUT2D eigenvalue weighted by Crippen LogP contribution is -2.26. The van der Waals surface area contributed by atoms with Gasteiger partial charge in [-0.1, -0.05) is 24.6 Å². The molecule has 1 fully saturated rings. The summed E-state index contributed by atoms with van der Waals surface area (Å²) in [5.41, 5.74) is 1.97. The molecule has 1 unspecified atom stereocenters. The highest BCUT2D eigenvalue weighted by Crippen LogP contribution is 2.24. The van der Waals surface area contributed by atoms with Crippen molar-refractivity contribution in [2.24, 2.45) is 0 Å². The zero-order valence-electron chi connectivity index (χ0n) is 11.1. The fourth-order valence-corrected chi connectivity index (χ4v) is 2.46. The largest absolute Gasteiger partial charge is 0.337 e. The van der Waals surface area contributed by atoms with Gasteiger partial charge in [0.05, 0.1) is 6.04 Å². The Morgan fingerprint density at radius 2 is 2.37 bits per heavy atom. The van der Waals surface area contributed by atoms with E-state index in [0.29, 0.717) is 11.7 Å². The molecule has 0 aliphatic carbocycles. The first-order valence-corrected chi connectivity index (χ1v) is 6.89. The minimum atomic E-state index is 0.198. The average molecular weight is 258 g/mol. The van der Waals surface area contributed by atoms with E-state index in [1.54, 1.807) is 6.20 Å². The van der Waals surface area contributed by atoms with Crippen molar-refractivity contribution in [3.05, 3.63) is 29.8 Å². The van der Waals surface area contributed by atoms with Gasteiger partial charge in [-0.05, 0) is 37.4 Å². The molecule has 0 amide bonds. The Hall–Kier alpha value is -1.75. The van der Waals surface area contributed by atoms with Gasteiger partial charge in [0.1, 0.15) is 5.69 Å². The molecule has 0 radical (unpaired) electrons. The maximum atomic E-state index is 5.39. The van der Waals surface area contributed by atoms with E-state index < -0.39 is 0 Å². The summed E-state index contributed by atoms with van der Waals surface area (Å²) in [7, 11) is 0. The number of aryl methyl sites for hydroxylation is 1. The average Bonchev–Trinajstić information content (AvgIpc) is 2.98. The van der Waals surface area contributed by atoms with Gasteiger partial charge in [-0.15, -0.1) is 0 Å². The second-order valence-corrected chi connectivity index (χ2v) is 4.82. The summed E-state index contributed by atoms with van der Waals surface area (Å²) < 4.78 is 5.39. The molecule has 0 saturated carbocycles. The van der Waals surface area contributed by atoms with Crippen molar-refractivity contribution < 1.29 is 4.52 Å². The lowest BCUT2D eigenvalue weighted by Gasteiger charge is -2.19. The zero-order chi connectivity index (χ0) is 13.1. The van der Waals surface area contributed by atoms with Crippen molar-refractivity contribution in [1.82, 2.24) is 20.4 Å². The van der Waals surface area contributed by atoms with Gasteiger partial charge in [0.2, 0.25) is 11.7 Å². The van der Waals surface area contributed by atoms with E-state index in [-0.39, 0.29) is 6.04 Å². The molecule has 1 aliphatic rings. The fourth-order valence-electron chi connectivity index (χ4n) is 2.46. The standard InChI is InChI=1S/C14H18N4O/c1-2-10-6-5-9-16-12(10)13-17-14(19-18-13)11-7-3-4-8-15-11/h5-6,9,11,15H,2-4,7-8H2,1H3. The highest BCUT2D eigenvalue weighted by molar-refractivity contribution is 5.53. The molecular weight excluding hydrogens is 240 g/mol. The first-order valence-electron chi connectivity index (χ1n) is 6.89. The molecule has 19 heavy (non-hydrogen) atoms. The molecule has 5 heteroatoms. The number of pyridine rings is 1. The minimum absolute atomic E-state index is 0.198. The van der Waals surface area contributed by atoms with Crippen LogP contribution in [0.15, 0.2) is 22.9 Å². The number of aromatic nitrogens is 3. The maximum Gasteiger partial charge on any atom is 0.244 e. The molecule has 3 rings (SSSR count). The number of piperidine rings is 1. The molecule has 0 bridgehead atoms. The SMILES string of the molecule is CCc1cccnc1-c1noc(C2CCCCN2)n1. The molecule has 100 valence electrons. The predicted molar refractivity (Wildman–Crippen MR) is 71.5 cm³/mol. The van der Waals surface area contributed by atoms with E-state index >= 15 is 0 Å². The molecule has 1 atom stereocenters. The van der Waals surface area contributed by atoms with Crippen LogP contribution in [0.5, 0.6) is 0 Å². The lowest BCUT2D eigenvalue weighted by molar-refractivity contribution is 0.297. The number of hydrogen-bond donors (Lipinski definition) is 1. The van der Waals surface area contributed by atoms with E-state index in [1.165, 1.54) is 12.8 Å². The molecule has 2 aromatic rings. The number of nitrogens with one attached hydrogen (secondary N) is 1. The van der Waals surface area contributed by atoms with Crippen molar-refractivity contribution in [2.75, 3.05) is 6.54 Å². The second kappa shape index (κ2) is 5.48. The summed E-state index contributed by atoms with van der Waals surface area (Å²) in [5.74, 6) is 1.28. The molecule has 2 aromatic heterocycles. The van der Waals surface area contributed by atoms with Gasteiger partial charge in [0, 0.05) is 6.20 Å². The Balaban J connectivity index is 1.88. The number of hydrogen-bond acceptors (Lipinski definition) is 5. The van der Waals surface area contributed by atoms with Crippen LogP contribution in [0.4, 0.5) is 0 Å².